The number of carbonyl (C=O) groups is 1. The van der Waals surface area contributed by atoms with Crippen LogP contribution in [0.25, 0.3) is 0 Å². The van der Waals surface area contributed by atoms with Crippen LogP contribution in [0.3, 0.4) is 0 Å². The van der Waals surface area contributed by atoms with Gasteiger partial charge in [0.05, 0.1) is 21.5 Å². The molecule has 0 fully saturated rings. The average Bonchev–Trinajstić information content (AvgIpc) is 3.08. The minimum atomic E-state index is -4.73. The average molecular weight is 494 g/mol. The van der Waals surface area contributed by atoms with Crippen molar-refractivity contribution in [3.8, 4) is 0 Å². The van der Waals surface area contributed by atoms with E-state index in [4.69, 9.17) is 34.8 Å². The maximum Gasteiger partial charge on any atom is 0.405 e. The molecule has 1 N–H and O–H groups in total. The van der Waals surface area contributed by atoms with Gasteiger partial charge in [-0.1, -0.05) is 53.9 Å². The molecule has 0 saturated heterocycles. The van der Waals surface area contributed by atoms with Gasteiger partial charge in [-0.25, -0.2) is 4.74 Å². The van der Waals surface area contributed by atoms with Gasteiger partial charge in [-0.3, -0.25) is 4.79 Å². The molecule has 4 nitrogen and oxygen atoms in total. The maximum absolute atomic E-state index is 14.3. The monoisotopic (exact) mass is 492 g/mol. The molecule has 10 heteroatoms. The highest BCUT2D eigenvalue weighted by Crippen LogP contribution is 2.49. The van der Waals surface area contributed by atoms with Gasteiger partial charge >= 0.3 is 6.18 Å². The fourth-order valence-electron chi connectivity index (χ4n) is 3.54. The first-order valence-corrected chi connectivity index (χ1v) is 10.5. The highest BCUT2D eigenvalue weighted by Gasteiger charge is 2.63. The number of hydroxylamine groups is 1. The lowest BCUT2D eigenvalue weighted by Crippen LogP contribution is -2.45. The van der Waals surface area contributed by atoms with Crippen LogP contribution in [-0.2, 0) is 16.8 Å². The predicted molar refractivity (Wildman–Crippen MR) is 115 cm³/mol. The van der Waals surface area contributed by atoms with E-state index in [0.29, 0.717) is 16.7 Å². The molecule has 1 aliphatic rings. The standard InChI is InChI=1S/C21H18Cl3F3N2O2/c1-2-18(30)28-10-12-3-5-13(6-4-12)17-9-20(11-29(17)31,21(25,26)27)14-7-15(22)19(24)16(23)8-14/h3-8H,2,9-11H2,1H3,(H,28,30). The van der Waals surface area contributed by atoms with Gasteiger partial charge in [-0.05, 0) is 35.4 Å². The van der Waals surface area contributed by atoms with Crippen molar-refractivity contribution in [3.05, 3.63) is 73.4 Å². The van der Waals surface area contributed by atoms with E-state index in [9.17, 15) is 23.2 Å². The van der Waals surface area contributed by atoms with Crippen LogP contribution in [0.1, 0.15) is 36.5 Å². The van der Waals surface area contributed by atoms with Crippen molar-refractivity contribution in [2.45, 2.75) is 37.9 Å². The first kappa shape index (κ1) is 23.7. The van der Waals surface area contributed by atoms with Crippen LogP contribution in [0.2, 0.25) is 15.1 Å². The molecule has 3 rings (SSSR count). The molecular weight excluding hydrogens is 476 g/mol. The Morgan fingerprint density at radius 1 is 1.16 bits per heavy atom. The second-order valence-corrected chi connectivity index (χ2v) is 8.51. The Hall–Kier alpha value is -1.96. The van der Waals surface area contributed by atoms with Gasteiger partial charge in [0.1, 0.15) is 0 Å². The summed E-state index contributed by atoms with van der Waals surface area (Å²) in [5, 5.41) is 15.1. The second kappa shape index (κ2) is 8.88. The van der Waals surface area contributed by atoms with Crippen LogP contribution >= 0.6 is 34.8 Å². The van der Waals surface area contributed by atoms with Crippen LogP contribution in [0.15, 0.2) is 36.4 Å². The van der Waals surface area contributed by atoms with Crippen molar-refractivity contribution in [2.24, 2.45) is 0 Å². The van der Waals surface area contributed by atoms with Gasteiger partial charge in [0.2, 0.25) is 5.91 Å². The highest BCUT2D eigenvalue weighted by atomic mass is 35.5. The summed E-state index contributed by atoms with van der Waals surface area (Å²) < 4.78 is 43.1. The van der Waals surface area contributed by atoms with Crippen molar-refractivity contribution in [1.29, 1.82) is 0 Å². The lowest BCUT2D eigenvalue weighted by molar-refractivity contribution is -0.465. The highest BCUT2D eigenvalue weighted by molar-refractivity contribution is 6.48. The summed E-state index contributed by atoms with van der Waals surface area (Å²) >= 11 is 17.8. The van der Waals surface area contributed by atoms with Crippen LogP contribution in [0.5, 0.6) is 0 Å². The molecule has 0 aromatic heterocycles. The van der Waals surface area contributed by atoms with E-state index < -0.39 is 24.6 Å². The molecule has 0 bridgehead atoms. The van der Waals surface area contributed by atoms with Crippen LogP contribution in [0, 0.1) is 5.21 Å². The number of carbonyl (C=O) groups excluding carboxylic acids is 1. The van der Waals surface area contributed by atoms with Gasteiger partial charge < -0.3 is 10.5 Å². The molecule has 1 atom stereocenters. The van der Waals surface area contributed by atoms with Gasteiger partial charge in [0, 0.05) is 18.5 Å². The Bertz CT molecular complexity index is 1020. The molecule has 1 aliphatic heterocycles. The Morgan fingerprint density at radius 2 is 1.74 bits per heavy atom. The van der Waals surface area contributed by atoms with Gasteiger partial charge in [-0.2, -0.15) is 13.2 Å². The Morgan fingerprint density at radius 3 is 2.26 bits per heavy atom. The molecule has 0 radical (unpaired) electrons. The molecule has 2 aromatic carbocycles. The van der Waals surface area contributed by atoms with Crippen molar-refractivity contribution < 1.29 is 22.7 Å². The number of benzene rings is 2. The third-order valence-corrected chi connectivity index (χ3v) is 6.56. The van der Waals surface area contributed by atoms with Crippen LogP contribution in [0.4, 0.5) is 13.2 Å². The molecular formula is C21H18Cl3F3N2O2. The fraction of sp³-hybridized carbons (Fsp3) is 0.333. The molecule has 2 aromatic rings. The number of nitrogens with zero attached hydrogens (tertiary/aromatic N) is 1. The molecule has 1 amide bonds. The van der Waals surface area contributed by atoms with Gasteiger partial charge in [0.15, 0.2) is 17.7 Å². The zero-order valence-corrected chi connectivity index (χ0v) is 18.6. The first-order chi connectivity index (χ1) is 14.5. The van der Waals surface area contributed by atoms with E-state index >= 15 is 0 Å². The number of nitrogens with one attached hydrogen (secondary N) is 1. The SMILES string of the molecule is CCC(=O)NCc1ccc(C2=[N+]([O-])CC(c3cc(Cl)c(Cl)c(Cl)c3)(C(F)(F)F)C2)cc1. The lowest BCUT2D eigenvalue weighted by Gasteiger charge is -2.29. The third kappa shape index (κ3) is 4.64. The number of alkyl halides is 3. The zero-order valence-electron chi connectivity index (χ0n) is 16.3. The van der Waals surface area contributed by atoms with E-state index in [-0.39, 0.29) is 38.8 Å². The number of amides is 1. The molecule has 1 heterocycles. The lowest BCUT2D eigenvalue weighted by atomic mass is 9.76. The van der Waals surface area contributed by atoms with Crippen molar-refractivity contribution in [1.82, 2.24) is 5.32 Å². The van der Waals surface area contributed by atoms with E-state index in [1.807, 2.05) is 0 Å². The topological polar surface area (TPSA) is 55.2 Å². The molecule has 0 spiro atoms. The Kier molecular flexibility index (Phi) is 6.79. The van der Waals surface area contributed by atoms with E-state index in [2.05, 4.69) is 5.32 Å². The summed E-state index contributed by atoms with van der Waals surface area (Å²) in [5.41, 5.74) is -1.55. The van der Waals surface area contributed by atoms with Gasteiger partial charge in [0.25, 0.3) is 0 Å². The molecule has 0 saturated carbocycles. The summed E-state index contributed by atoms with van der Waals surface area (Å²) in [7, 11) is 0. The number of hydrogen-bond acceptors (Lipinski definition) is 2. The van der Waals surface area contributed by atoms with Crippen molar-refractivity contribution in [3.63, 3.8) is 0 Å². The summed E-state index contributed by atoms with van der Waals surface area (Å²) in [6, 6.07) is 8.69. The predicted octanol–water partition coefficient (Wildman–Crippen LogP) is 5.88. The summed E-state index contributed by atoms with van der Waals surface area (Å²) in [6.45, 7) is 1.19. The first-order valence-electron chi connectivity index (χ1n) is 9.36. The zero-order chi connectivity index (χ0) is 23.0. The fourth-order valence-corrected chi connectivity index (χ4v) is 4.13. The van der Waals surface area contributed by atoms with E-state index in [1.54, 1.807) is 31.2 Å². The van der Waals surface area contributed by atoms with E-state index in [0.717, 1.165) is 17.7 Å². The number of hydrogen-bond donors (Lipinski definition) is 1. The van der Waals surface area contributed by atoms with Gasteiger partial charge in [-0.15, -0.1) is 0 Å². The summed E-state index contributed by atoms with van der Waals surface area (Å²) in [6.07, 6.45) is -4.96. The Labute approximate surface area is 192 Å². The molecule has 166 valence electrons. The quantitative estimate of drug-likeness (QED) is 0.321. The van der Waals surface area contributed by atoms with Crippen LogP contribution in [-0.4, -0.2) is 29.1 Å². The summed E-state index contributed by atoms with van der Waals surface area (Å²) in [4.78, 5) is 11.4. The number of rotatable bonds is 5. The normalized spacial score (nSPS) is 19.1. The van der Waals surface area contributed by atoms with Crippen molar-refractivity contribution in [2.75, 3.05) is 6.54 Å². The van der Waals surface area contributed by atoms with Crippen LogP contribution < -0.4 is 5.32 Å². The maximum atomic E-state index is 14.3. The smallest absolute Gasteiger partial charge is 0.405 e. The molecule has 0 aliphatic carbocycles. The van der Waals surface area contributed by atoms with Crippen molar-refractivity contribution >= 4 is 46.4 Å². The largest absolute Gasteiger partial charge is 0.624 e. The molecule has 1 unspecified atom stereocenters. The third-order valence-electron chi connectivity index (χ3n) is 5.36. The summed E-state index contributed by atoms with van der Waals surface area (Å²) in [5.74, 6) is -0.116. The van der Waals surface area contributed by atoms with E-state index in [1.165, 1.54) is 0 Å². The second-order valence-electron chi connectivity index (χ2n) is 7.32. The minimum Gasteiger partial charge on any atom is -0.624 e. The Balaban J connectivity index is 1.93. The number of halogens is 6. The minimum absolute atomic E-state index is 0.00339. The molecule has 31 heavy (non-hydrogen) atoms.